The van der Waals surface area contributed by atoms with Crippen molar-refractivity contribution in [3.63, 3.8) is 0 Å². The second-order valence-corrected chi connectivity index (χ2v) is 8.81. The van der Waals surface area contributed by atoms with Crippen molar-refractivity contribution in [2.75, 3.05) is 10.6 Å². The summed E-state index contributed by atoms with van der Waals surface area (Å²) in [5.41, 5.74) is 13.0. The summed E-state index contributed by atoms with van der Waals surface area (Å²) >= 11 is 9.55. The molecule has 2 amide bonds. The molecule has 0 saturated carbocycles. The number of anilines is 3. The lowest BCUT2D eigenvalue weighted by atomic mass is 10.0. The van der Waals surface area contributed by atoms with Gasteiger partial charge in [-0.05, 0) is 46.3 Å². The number of carbonyl (C=O) groups excluding carboxylic acids is 1. The number of nitrogens with zero attached hydrogens (tertiary/aromatic N) is 1. The molecule has 0 saturated heterocycles. The van der Waals surface area contributed by atoms with Crippen molar-refractivity contribution in [3.8, 4) is 11.1 Å². The van der Waals surface area contributed by atoms with Gasteiger partial charge in [0.2, 0.25) is 10.0 Å². The molecule has 0 aliphatic heterocycles. The molecule has 10 heteroatoms. The Morgan fingerprint density at radius 2 is 1.55 bits per heavy atom. The quantitative estimate of drug-likeness (QED) is 0.467. The number of halogens is 2. The molecule has 7 nitrogen and oxygen atoms in total. The minimum atomic E-state index is -4.14. The lowest BCUT2D eigenvalue weighted by Crippen LogP contribution is -2.32. The number of urea groups is 1. The number of hydrogen-bond donors (Lipinski definition) is 3. The molecule has 0 atom stereocenters. The Bertz CT molecular complexity index is 1220. The van der Waals surface area contributed by atoms with E-state index in [0.29, 0.717) is 21.4 Å². The van der Waals surface area contributed by atoms with E-state index in [4.69, 9.17) is 28.2 Å². The molecule has 0 bridgehead atoms. The molecular formula is C19H16BrClN4O3S. The average Bonchev–Trinajstić information content (AvgIpc) is 2.65. The number of sulfonamides is 1. The number of hydrogen-bond acceptors (Lipinski definition) is 4. The highest BCUT2D eigenvalue weighted by molar-refractivity contribution is 9.10. The van der Waals surface area contributed by atoms with Crippen LogP contribution in [0.25, 0.3) is 11.1 Å². The van der Waals surface area contributed by atoms with Gasteiger partial charge >= 0.3 is 6.03 Å². The van der Waals surface area contributed by atoms with Crippen molar-refractivity contribution >= 4 is 60.6 Å². The van der Waals surface area contributed by atoms with Crippen LogP contribution in [0.5, 0.6) is 0 Å². The molecule has 6 N–H and O–H groups in total. The number of nitrogen functional groups attached to an aromatic ring is 1. The maximum atomic E-state index is 12.4. The summed E-state index contributed by atoms with van der Waals surface area (Å²) in [4.78, 5) is 13.4. The molecular weight excluding hydrogens is 480 g/mol. The molecule has 0 unspecified atom stereocenters. The third-order valence-electron chi connectivity index (χ3n) is 4.19. The summed E-state index contributed by atoms with van der Waals surface area (Å²) in [6, 6.07) is 15.4. The maximum absolute atomic E-state index is 12.4. The third-order valence-corrected chi connectivity index (χ3v) is 6.14. The highest BCUT2D eigenvalue weighted by Gasteiger charge is 2.26. The van der Waals surface area contributed by atoms with Crippen LogP contribution in [0.4, 0.5) is 21.9 Å². The van der Waals surface area contributed by atoms with Crippen molar-refractivity contribution in [1.29, 1.82) is 0 Å². The Balaban J connectivity index is 2.39. The Hall–Kier alpha value is -2.59. The van der Waals surface area contributed by atoms with E-state index in [-0.39, 0.29) is 21.2 Å². The smallest absolute Gasteiger partial charge is 0.323 e. The molecule has 3 rings (SSSR count). The number of primary amides is 1. The summed E-state index contributed by atoms with van der Waals surface area (Å²) in [5, 5.41) is 5.54. The number of benzene rings is 3. The summed E-state index contributed by atoms with van der Waals surface area (Å²) in [6.45, 7) is 0. The van der Waals surface area contributed by atoms with Crippen LogP contribution in [0.15, 0.2) is 70.0 Å². The van der Waals surface area contributed by atoms with Crippen molar-refractivity contribution in [2.45, 2.75) is 4.90 Å². The Morgan fingerprint density at radius 1 is 0.966 bits per heavy atom. The third kappa shape index (κ3) is 4.08. The molecule has 0 aromatic heterocycles. The van der Waals surface area contributed by atoms with Gasteiger partial charge < -0.3 is 11.5 Å². The number of carbonyl (C=O) groups is 1. The van der Waals surface area contributed by atoms with Crippen molar-refractivity contribution in [3.05, 3.63) is 70.2 Å². The average molecular weight is 496 g/mol. The predicted molar refractivity (Wildman–Crippen MR) is 119 cm³/mol. The summed E-state index contributed by atoms with van der Waals surface area (Å²) in [5.74, 6) is 0. The van der Waals surface area contributed by atoms with E-state index in [9.17, 15) is 13.2 Å². The van der Waals surface area contributed by atoms with E-state index < -0.39 is 16.1 Å². The number of primary sulfonamides is 1. The first-order valence-electron chi connectivity index (χ1n) is 8.17. The van der Waals surface area contributed by atoms with Crippen LogP contribution in [0.1, 0.15) is 0 Å². The maximum Gasteiger partial charge on any atom is 0.323 e. The molecule has 0 spiro atoms. The number of amides is 2. The van der Waals surface area contributed by atoms with Crippen LogP contribution in [0.2, 0.25) is 5.02 Å². The topological polar surface area (TPSA) is 133 Å². The molecule has 0 heterocycles. The van der Waals surface area contributed by atoms with Gasteiger partial charge in [-0.1, -0.05) is 41.9 Å². The van der Waals surface area contributed by atoms with Gasteiger partial charge in [0.05, 0.1) is 27.0 Å². The van der Waals surface area contributed by atoms with Crippen LogP contribution in [0.3, 0.4) is 0 Å². The van der Waals surface area contributed by atoms with Gasteiger partial charge in [0.25, 0.3) is 0 Å². The zero-order valence-electron chi connectivity index (χ0n) is 14.8. The molecule has 0 aliphatic carbocycles. The fourth-order valence-electron chi connectivity index (χ4n) is 2.97. The zero-order valence-corrected chi connectivity index (χ0v) is 18.0. The van der Waals surface area contributed by atoms with Crippen LogP contribution in [-0.2, 0) is 10.0 Å². The summed E-state index contributed by atoms with van der Waals surface area (Å²) < 4.78 is 25.0. The van der Waals surface area contributed by atoms with E-state index in [1.54, 1.807) is 48.5 Å². The van der Waals surface area contributed by atoms with E-state index in [0.717, 1.165) is 0 Å². The highest BCUT2D eigenvalue weighted by Crippen LogP contribution is 2.43. The Morgan fingerprint density at radius 3 is 2.14 bits per heavy atom. The van der Waals surface area contributed by atoms with Crippen molar-refractivity contribution < 1.29 is 13.2 Å². The standard InChI is InChI=1S/C19H16BrClN4O3S/c20-12-6-2-4-8-15(12)25(19(23)26)14-7-3-1-5-11(14)17-16(29(24,27)28)10-9-13(21)18(17)22/h1-10H,22H2,(H2,23,26)(H2,24,27,28). The fraction of sp³-hybridized carbons (Fsp3) is 0. The van der Waals surface area contributed by atoms with E-state index in [1.807, 2.05) is 0 Å². The van der Waals surface area contributed by atoms with Crippen LogP contribution in [-0.4, -0.2) is 14.4 Å². The van der Waals surface area contributed by atoms with Crippen LogP contribution < -0.4 is 21.5 Å². The molecule has 3 aromatic rings. The van der Waals surface area contributed by atoms with Gasteiger partial charge in [0.15, 0.2) is 0 Å². The number of nitrogens with two attached hydrogens (primary N) is 3. The summed E-state index contributed by atoms with van der Waals surface area (Å²) in [6.07, 6.45) is 0. The fourth-order valence-corrected chi connectivity index (χ4v) is 4.35. The minimum absolute atomic E-state index is 0.0159. The zero-order chi connectivity index (χ0) is 21.3. The van der Waals surface area contributed by atoms with E-state index >= 15 is 0 Å². The lowest BCUT2D eigenvalue weighted by molar-refractivity contribution is 0.256. The first-order chi connectivity index (χ1) is 13.6. The molecule has 3 aromatic carbocycles. The van der Waals surface area contributed by atoms with Crippen molar-refractivity contribution in [1.82, 2.24) is 0 Å². The van der Waals surface area contributed by atoms with Crippen LogP contribution >= 0.6 is 27.5 Å². The molecule has 0 aliphatic rings. The largest absolute Gasteiger partial charge is 0.397 e. The number of rotatable bonds is 4. The second-order valence-electron chi connectivity index (χ2n) is 6.02. The second kappa shape index (κ2) is 8.03. The van der Waals surface area contributed by atoms with Crippen LogP contribution in [0, 0.1) is 0 Å². The molecule has 0 fully saturated rings. The first-order valence-corrected chi connectivity index (χ1v) is 10.9. The van der Waals surface area contributed by atoms with Gasteiger partial charge in [-0.15, -0.1) is 0 Å². The molecule has 0 radical (unpaired) electrons. The highest BCUT2D eigenvalue weighted by atomic mass is 79.9. The van der Waals surface area contributed by atoms with Gasteiger partial charge in [-0.2, -0.15) is 0 Å². The first kappa shape index (κ1) is 21.1. The van der Waals surface area contributed by atoms with Gasteiger partial charge in [0, 0.05) is 15.6 Å². The predicted octanol–water partition coefficient (Wildman–Crippen LogP) is 4.22. The molecule has 29 heavy (non-hydrogen) atoms. The monoisotopic (exact) mass is 494 g/mol. The van der Waals surface area contributed by atoms with E-state index in [2.05, 4.69) is 15.9 Å². The number of para-hydroxylation sites is 2. The summed E-state index contributed by atoms with van der Waals surface area (Å²) in [7, 11) is -4.14. The Kier molecular flexibility index (Phi) is 5.85. The molecule has 150 valence electrons. The normalized spacial score (nSPS) is 11.3. The van der Waals surface area contributed by atoms with Gasteiger partial charge in [-0.25, -0.2) is 18.4 Å². The lowest BCUT2D eigenvalue weighted by Gasteiger charge is -2.25. The minimum Gasteiger partial charge on any atom is -0.397 e. The van der Waals surface area contributed by atoms with Gasteiger partial charge in [0.1, 0.15) is 0 Å². The van der Waals surface area contributed by atoms with Crippen molar-refractivity contribution in [2.24, 2.45) is 10.9 Å². The van der Waals surface area contributed by atoms with E-state index in [1.165, 1.54) is 17.0 Å². The SMILES string of the molecule is NC(=O)N(c1ccccc1Br)c1ccccc1-c1c(S(N)(=O)=O)ccc(Cl)c1N. The Labute approximate surface area is 181 Å². The van der Waals surface area contributed by atoms with Gasteiger partial charge in [-0.3, -0.25) is 4.90 Å².